The minimum atomic E-state index is -0.435. The van der Waals surface area contributed by atoms with Crippen LogP contribution in [0.3, 0.4) is 0 Å². The second-order valence-corrected chi connectivity index (χ2v) is 12.8. The first-order chi connectivity index (χ1) is 22.8. The maximum absolute atomic E-state index is 12.5. The van der Waals surface area contributed by atoms with Crippen molar-refractivity contribution in [3.63, 3.8) is 0 Å². The molecule has 3 heterocycles. The van der Waals surface area contributed by atoms with Crippen LogP contribution in [0.15, 0.2) is 77.3 Å². The lowest BCUT2D eigenvalue weighted by molar-refractivity contribution is -0.0589. The first-order valence-corrected chi connectivity index (χ1v) is 16.6. The zero-order valence-corrected chi connectivity index (χ0v) is 28.9. The number of benzene rings is 3. The van der Waals surface area contributed by atoms with E-state index in [2.05, 4.69) is 49.8 Å². The van der Waals surface area contributed by atoms with Gasteiger partial charge in [-0.3, -0.25) is 0 Å². The van der Waals surface area contributed by atoms with Gasteiger partial charge in [0, 0.05) is 28.6 Å². The van der Waals surface area contributed by atoms with Crippen LogP contribution in [0.4, 0.5) is 0 Å². The Balaban J connectivity index is 1.29. The number of nitrogens with zero attached hydrogens (tertiary/aromatic N) is 3. The van der Waals surface area contributed by atoms with Crippen LogP contribution in [-0.4, -0.2) is 47.4 Å². The van der Waals surface area contributed by atoms with Crippen LogP contribution in [0.25, 0.3) is 17.1 Å². The summed E-state index contributed by atoms with van der Waals surface area (Å²) in [5, 5.41) is 1.03. The van der Waals surface area contributed by atoms with Gasteiger partial charge in [0.2, 0.25) is 5.88 Å². The number of methoxy groups -OCH3 is 2. The number of carbonyl (C=O) groups is 1. The van der Waals surface area contributed by atoms with Gasteiger partial charge in [0.05, 0.1) is 37.9 Å². The molecule has 47 heavy (non-hydrogen) atoms. The summed E-state index contributed by atoms with van der Waals surface area (Å²) in [6.45, 7) is 1.69. The molecule has 0 N–H and O–H groups in total. The predicted molar refractivity (Wildman–Crippen MR) is 187 cm³/mol. The van der Waals surface area contributed by atoms with E-state index < -0.39 is 5.97 Å². The molecule has 1 atom stereocenters. The SMILES string of the molecule is COC(=O)c1cc(OC)c2nc(Cc3ccc(Br)cc3/C=C/Cc3cc(Cl)ccc3COc3cccc(Cl)n3)n(C[C@@H]3CCO3)c2c1. The van der Waals surface area contributed by atoms with E-state index in [9.17, 15) is 4.79 Å². The van der Waals surface area contributed by atoms with E-state index in [4.69, 9.17) is 47.1 Å². The lowest BCUT2D eigenvalue weighted by Crippen LogP contribution is -2.31. The van der Waals surface area contributed by atoms with Gasteiger partial charge in [-0.1, -0.05) is 69.5 Å². The summed E-state index contributed by atoms with van der Waals surface area (Å²) in [5.74, 6) is 1.38. The number of allylic oxidation sites excluding steroid dienone is 1. The third-order valence-corrected chi connectivity index (χ3v) is 8.98. The number of hydrogen-bond acceptors (Lipinski definition) is 7. The number of pyridine rings is 1. The standard InChI is InChI=1S/C36H32BrCl2N3O5/c1-44-31-18-26(36(43)45-2)17-30-35(31)41-33(42(30)20-29-13-14-46-29)19-24-9-11-27(37)15-22(24)5-3-6-23-16-28(38)12-10-25(23)21-47-34-8-4-7-32(39)40-34/h3-5,7-12,15-18,29H,6,13-14,19-21H2,1-2H3/b5-3+/t29-/m0/s1. The number of ether oxygens (including phenoxy) is 4. The monoisotopic (exact) mass is 735 g/mol. The van der Waals surface area contributed by atoms with Gasteiger partial charge in [0.15, 0.2) is 0 Å². The van der Waals surface area contributed by atoms with Crippen LogP contribution in [0.1, 0.15) is 44.9 Å². The molecular formula is C36H32BrCl2N3O5. The molecule has 8 nitrogen and oxygen atoms in total. The number of aromatic nitrogens is 3. The largest absolute Gasteiger partial charge is 0.494 e. The van der Waals surface area contributed by atoms with Gasteiger partial charge in [-0.05, 0) is 77.6 Å². The van der Waals surface area contributed by atoms with Crippen LogP contribution in [0.5, 0.6) is 11.6 Å². The quantitative estimate of drug-likeness (QED) is 0.0938. The first-order valence-electron chi connectivity index (χ1n) is 15.1. The van der Waals surface area contributed by atoms with Crippen molar-refractivity contribution in [1.29, 1.82) is 0 Å². The molecule has 6 rings (SSSR count). The molecule has 0 amide bonds. The lowest BCUT2D eigenvalue weighted by atomic mass is 10.0. The Hall–Kier alpha value is -3.89. The minimum absolute atomic E-state index is 0.0775. The molecule has 0 radical (unpaired) electrons. The fourth-order valence-corrected chi connectivity index (χ4v) is 6.24. The highest BCUT2D eigenvalue weighted by molar-refractivity contribution is 9.10. The topological polar surface area (TPSA) is 84.7 Å². The van der Waals surface area contributed by atoms with Crippen molar-refractivity contribution in [2.24, 2.45) is 0 Å². The van der Waals surface area contributed by atoms with Crippen LogP contribution < -0.4 is 9.47 Å². The maximum Gasteiger partial charge on any atom is 0.338 e. The van der Waals surface area contributed by atoms with Gasteiger partial charge in [-0.15, -0.1) is 0 Å². The van der Waals surface area contributed by atoms with E-state index in [1.54, 1.807) is 31.4 Å². The van der Waals surface area contributed by atoms with Gasteiger partial charge in [-0.2, -0.15) is 0 Å². The predicted octanol–water partition coefficient (Wildman–Crippen LogP) is 8.51. The Kier molecular flexibility index (Phi) is 10.5. The Morgan fingerprint density at radius 2 is 1.87 bits per heavy atom. The van der Waals surface area contributed by atoms with Gasteiger partial charge < -0.3 is 23.5 Å². The molecule has 0 bridgehead atoms. The van der Waals surface area contributed by atoms with E-state index in [0.29, 0.717) is 58.9 Å². The maximum atomic E-state index is 12.5. The van der Waals surface area contributed by atoms with Crippen LogP contribution in [-0.2, 0) is 35.5 Å². The van der Waals surface area contributed by atoms with Crippen molar-refractivity contribution >= 4 is 62.2 Å². The summed E-state index contributed by atoms with van der Waals surface area (Å²) < 4.78 is 25.5. The highest BCUT2D eigenvalue weighted by atomic mass is 79.9. The molecule has 2 aromatic heterocycles. The van der Waals surface area contributed by atoms with Crippen molar-refractivity contribution < 1.29 is 23.7 Å². The second kappa shape index (κ2) is 14.9. The first kappa shape index (κ1) is 33.0. The van der Waals surface area contributed by atoms with Crippen molar-refractivity contribution in [2.75, 3.05) is 20.8 Å². The molecule has 0 unspecified atom stereocenters. The molecule has 0 spiro atoms. The summed E-state index contributed by atoms with van der Waals surface area (Å²) in [5.41, 5.74) is 6.07. The number of fused-ring (bicyclic) bond motifs is 1. The van der Waals surface area contributed by atoms with Crippen LogP contribution >= 0.6 is 39.1 Å². The van der Waals surface area contributed by atoms with Crippen LogP contribution in [0, 0.1) is 0 Å². The summed E-state index contributed by atoms with van der Waals surface area (Å²) in [6, 6.07) is 20.8. The van der Waals surface area contributed by atoms with Gasteiger partial charge in [0.1, 0.15) is 28.9 Å². The van der Waals surface area contributed by atoms with E-state index in [-0.39, 0.29) is 6.10 Å². The van der Waals surface area contributed by atoms with E-state index in [0.717, 1.165) is 51.1 Å². The number of esters is 1. The third kappa shape index (κ3) is 7.81. The summed E-state index contributed by atoms with van der Waals surface area (Å²) >= 11 is 16.1. The average Bonchev–Trinajstić information content (AvgIpc) is 3.39. The fourth-order valence-electron chi connectivity index (χ4n) is 5.51. The number of imidazole rings is 1. The second-order valence-electron chi connectivity index (χ2n) is 11.1. The zero-order valence-electron chi connectivity index (χ0n) is 25.8. The molecule has 0 saturated carbocycles. The smallest absolute Gasteiger partial charge is 0.338 e. The molecule has 242 valence electrons. The molecule has 3 aromatic carbocycles. The molecule has 0 aliphatic carbocycles. The van der Waals surface area contributed by atoms with Crippen LogP contribution in [0.2, 0.25) is 10.2 Å². The minimum Gasteiger partial charge on any atom is -0.494 e. The number of hydrogen-bond donors (Lipinski definition) is 0. The lowest BCUT2D eigenvalue weighted by Gasteiger charge is -2.27. The van der Waals surface area contributed by atoms with E-state index >= 15 is 0 Å². The Morgan fingerprint density at radius 3 is 2.62 bits per heavy atom. The van der Waals surface area contributed by atoms with Gasteiger partial charge >= 0.3 is 5.97 Å². The molecular weight excluding hydrogens is 705 g/mol. The van der Waals surface area contributed by atoms with E-state index in [1.807, 2.05) is 30.3 Å². The van der Waals surface area contributed by atoms with Gasteiger partial charge in [-0.25, -0.2) is 14.8 Å². The van der Waals surface area contributed by atoms with E-state index in [1.165, 1.54) is 7.11 Å². The molecule has 11 heteroatoms. The molecule has 1 aliphatic heterocycles. The normalized spacial score (nSPS) is 14.4. The van der Waals surface area contributed by atoms with Crippen molar-refractivity contribution in [3.05, 3.63) is 121 Å². The molecule has 1 aliphatic rings. The zero-order chi connectivity index (χ0) is 32.9. The summed E-state index contributed by atoms with van der Waals surface area (Å²) in [7, 11) is 2.94. The summed E-state index contributed by atoms with van der Waals surface area (Å²) in [4.78, 5) is 21.7. The molecule has 1 fully saturated rings. The fraction of sp³-hybridized carbons (Fsp3) is 0.250. The number of halogens is 3. The highest BCUT2D eigenvalue weighted by Gasteiger charge is 2.24. The number of carbonyl (C=O) groups excluding carboxylic acids is 1. The van der Waals surface area contributed by atoms with Crippen molar-refractivity contribution in [2.45, 2.75) is 38.5 Å². The summed E-state index contributed by atoms with van der Waals surface area (Å²) in [6.07, 6.45) is 6.46. The molecule has 1 saturated heterocycles. The van der Waals surface area contributed by atoms with Crippen molar-refractivity contribution in [3.8, 4) is 11.6 Å². The highest BCUT2D eigenvalue weighted by Crippen LogP contribution is 2.32. The Bertz CT molecular complexity index is 1960. The number of rotatable bonds is 12. The average molecular weight is 737 g/mol. The van der Waals surface area contributed by atoms with Crippen molar-refractivity contribution in [1.82, 2.24) is 14.5 Å². The Morgan fingerprint density at radius 1 is 1.04 bits per heavy atom. The molecule has 5 aromatic rings. The third-order valence-electron chi connectivity index (χ3n) is 8.04. The Labute approximate surface area is 291 Å². The van der Waals surface area contributed by atoms with Gasteiger partial charge in [0.25, 0.3) is 0 Å².